The predicted octanol–water partition coefficient (Wildman–Crippen LogP) is 5.44. The second-order valence-corrected chi connectivity index (χ2v) is 9.11. The van der Waals surface area contributed by atoms with E-state index in [4.69, 9.17) is 4.74 Å². The van der Waals surface area contributed by atoms with E-state index in [1.54, 1.807) is 43.5 Å². The predicted molar refractivity (Wildman–Crippen MR) is 127 cm³/mol. The lowest BCUT2D eigenvalue weighted by Gasteiger charge is -2.17. The molecule has 1 aromatic carbocycles. The number of aryl methyl sites for hydroxylation is 1. The number of alkyl halides is 3. The maximum atomic E-state index is 13.6. The van der Waals surface area contributed by atoms with Crippen molar-refractivity contribution < 1.29 is 22.7 Å². The van der Waals surface area contributed by atoms with E-state index in [0.29, 0.717) is 23.2 Å². The Hall–Kier alpha value is -3.18. The van der Waals surface area contributed by atoms with Crippen LogP contribution in [0.25, 0.3) is 16.7 Å². The average Bonchev–Trinajstić information content (AvgIpc) is 3.38. The lowest BCUT2D eigenvalue weighted by Crippen LogP contribution is -2.15. The molecule has 1 atom stereocenters. The van der Waals surface area contributed by atoms with Crippen molar-refractivity contribution in [3.05, 3.63) is 65.4 Å². The number of halogens is 3. The number of thioether (sulfide) groups is 1. The zero-order valence-electron chi connectivity index (χ0n) is 19.6. The van der Waals surface area contributed by atoms with Gasteiger partial charge in [0.1, 0.15) is 5.03 Å². The maximum Gasteiger partial charge on any atom is 0.451 e. The molecule has 0 aliphatic carbocycles. The van der Waals surface area contributed by atoms with Gasteiger partial charge in [0.15, 0.2) is 11.4 Å². The molecule has 3 heterocycles. The first-order valence-electron chi connectivity index (χ1n) is 10.8. The molecule has 0 bridgehead atoms. The Labute approximate surface area is 204 Å². The summed E-state index contributed by atoms with van der Waals surface area (Å²) in [7, 11) is 1.62. The minimum absolute atomic E-state index is 0.0278. The monoisotopic (exact) mass is 503 g/mol. The molecule has 0 unspecified atom stereocenters. The summed E-state index contributed by atoms with van der Waals surface area (Å²) in [4.78, 5) is 20.6. The highest BCUT2D eigenvalue weighted by Crippen LogP contribution is 2.33. The van der Waals surface area contributed by atoms with E-state index in [9.17, 15) is 18.0 Å². The van der Waals surface area contributed by atoms with Gasteiger partial charge in [-0.1, -0.05) is 30.0 Å². The number of benzene rings is 1. The number of hydrogen-bond donors (Lipinski definition) is 0. The standard InChI is InChI=1S/C24H24F3N5O2S/c1-14-10-18(16(3)31(14)15(2)12-34-4)20(33)13-35-22-19-11-28-32(17-8-6-5-7-9-17)21(19)29-23(30-22)24(25,26)27/h5-11,15H,12-13H2,1-4H3/t15-/m0/s1. The number of rotatable bonds is 8. The van der Waals surface area contributed by atoms with Crippen molar-refractivity contribution in [2.45, 2.75) is 38.0 Å². The van der Waals surface area contributed by atoms with E-state index < -0.39 is 12.0 Å². The number of carbonyl (C=O) groups is 1. The van der Waals surface area contributed by atoms with Crippen LogP contribution in [0.15, 0.2) is 47.6 Å². The summed E-state index contributed by atoms with van der Waals surface area (Å²) in [6, 6.07) is 10.6. The van der Waals surface area contributed by atoms with E-state index in [2.05, 4.69) is 15.1 Å². The molecule has 0 saturated carbocycles. The van der Waals surface area contributed by atoms with Crippen LogP contribution in [-0.4, -0.2) is 49.6 Å². The third-order valence-electron chi connectivity index (χ3n) is 5.62. The lowest BCUT2D eigenvalue weighted by atomic mass is 10.2. The second kappa shape index (κ2) is 9.82. The minimum Gasteiger partial charge on any atom is -0.383 e. The number of ketones is 1. The zero-order chi connectivity index (χ0) is 25.3. The van der Waals surface area contributed by atoms with E-state index >= 15 is 0 Å². The van der Waals surface area contributed by atoms with Gasteiger partial charge >= 0.3 is 6.18 Å². The highest BCUT2D eigenvalue weighted by molar-refractivity contribution is 8.00. The van der Waals surface area contributed by atoms with Gasteiger partial charge in [-0.3, -0.25) is 4.79 Å². The number of methoxy groups -OCH3 is 1. The van der Waals surface area contributed by atoms with Crippen LogP contribution in [0.4, 0.5) is 13.2 Å². The first kappa shape index (κ1) is 24.9. The lowest BCUT2D eigenvalue weighted by molar-refractivity contribution is -0.145. The molecule has 0 fully saturated rings. The quantitative estimate of drug-likeness (QED) is 0.181. The fourth-order valence-electron chi connectivity index (χ4n) is 4.14. The molecule has 7 nitrogen and oxygen atoms in total. The number of fused-ring (bicyclic) bond motifs is 1. The number of ether oxygens (including phenoxy) is 1. The number of Topliss-reactive ketones (excluding diaryl/α,β-unsaturated/α-hetero) is 1. The van der Waals surface area contributed by atoms with Crippen LogP contribution in [0.5, 0.6) is 0 Å². The topological polar surface area (TPSA) is 74.8 Å². The van der Waals surface area contributed by atoms with Crippen LogP contribution >= 0.6 is 11.8 Å². The zero-order valence-corrected chi connectivity index (χ0v) is 20.4. The van der Waals surface area contributed by atoms with Crippen molar-refractivity contribution in [1.29, 1.82) is 0 Å². The Morgan fingerprint density at radius 1 is 1.17 bits per heavy atom. The molecule has 0 N–H and O–H groups in total. The molecule has 4 aromatic rings. The third kappa shape index (κ3) is 4.96. The Morgan fingerprint density at radius 2 is 1.89 bits per heavy atom. The first-order valence-corrected chi connectivity index (χ1v) is 11.8. The molecule has 0 aliphatic heterocycles. The van der Waals surface area contributed by atoms with Crippen LogP contribution in [0.1, 0.15) is 40.5 Å². The van der Waals surface area contributed by atoms with Gasteiger partial charge in [-0.15, -0.1) is 0 Å². The molecule has 0 spiro atoms. The molecule has 184 valence electrons. The summed E-state index contributed by atoms with van der Waals surface area (Å²) in [5, 5.41) is 4.64. The number of para-hydroxylation sites is 1. The van der Waals surface area contributed by atoms with Crippen molar-refractivity contribution in [3.63, 3.8) is 0 Å². The van der Waals surface area contributed by atoms with Crippen molar-refractivity contribution in [2.24, 2.45) is 0 Å². The van der Waals surface area contributed by atoms with Crippen LogP contribution < -0.4 is 0 Å². The SMILES string of the molecule is COC[C@H](C)n1c(C)cc(C(=O)CSc2nc(C(F)(F)F)nc3c2cnn3-c2ccccc2)c1C. The van der Waals surface area contributed by atoms with Crippen molar-refractivity contribution in [1.82, 2.24) is 24.3 Å². The number of carbonyl (C=O) groups excluding carboxylic acids is 1. The van der Waals surface area contributed by atoms with Gasteiger partial charge in [-0.2, -0.15) is 18.3 Å². The Morgan fingerprint density at radius 3 is 2.54 bits per heavy atom. The summed E-state index contributed by atoms with van der Waals surface area (Å²) in [5.41, 5.74) is 2.82. The van der Waals surface area contributed by atoms with Crippen molar-refractivity contribution >= 4 is 28.6 Å². The first-order chi connectivity index (χ1) is 16.6. The van der Waals surface area contributed by atoms with Crippen molar-refractivity contribution in [3.8, 4) is 5.69 Å². The molecular formula is C24H24F3N5O2S. The van der Waals surface area contributed by atoms with Crippen molar-refractivity contribution in [2.75, 3.05) is 19.5 Å². The van der Waals surface area contributed by atoms with Gasteiger partial charge < -0.3 is 9.30 Å². The summed E-state index contributed by atoms with van der Waals surface area (Å²) in [6.45, 7) is 6.24. The molecule has 3 aromatic heterocycles. The van der Waals surface area contributed by atoms with Gasteiger partial charge in [-0.05, 0) is 39.0 Å². The second-order valence-electron chi connectivity index (χ2n) is 8.15. The average molecular weight is 504 g/mol. The normalized spacial score (nSPS) is 12.9. The summed E-state index contributed by atoms with van der Waals surface area (Å²) >= 11 is 0.946. The maximum absolute atomic E-state index is 13.6. The van der Waals surface area contributed by atoms with Crippen LogP contribution in [0, 0.1) is 13.8 Å². The third-order valence-corrected chi connectivity index (χ3v) is 6.61. The Balaban J connectivity index is 1.68. The van der Waals surface area contributed by atoms with E-state index in [1.807, 2.05) is 25.3 Å². The highest BCUT2D eigenvalue weighted by atomic mass is 32.2. The summed E-state index contributed by atoms with van der Waals surface area (Å²) in [6.07, 6.45) is -3.32. The molecular weight excluding hydrogens is 479 g/mol. The highest BCUT2D eigenvalue weighted by Gasteiger charge is 2.36. The molecule has 4 rings (SSSR count). The fraction of sp³-hybridized carbons (Fsp3) is 0.333. The summed E-state index contributed by atoms with van der Waals surface area (Å²) < 4.78 is 49.4. The fourth-order valence-corrected chi connectivity index (χ4v) is 5.02. The van der Waals surface area contributed by atoms with E-state index in [1.165, 1.54) is 10.9 Å². The molecule has 35 heavy (non-hydrogen) atoms. The summed E-state index contributed by atoms with van der Waals surface area (Å²) in [5.74, 6) is -1.55. The number of hydrogen-bond acceptors (Lipinski definition) is 6. The van der Waals surface area contributed by atoms with Gasteiger partial charge in [-0.25, -0.2) is 14.6 Å². The van der Waals surface area contributed by atoms with Gasteiger partial charge in [0.05, 0.1) is 35.7 Å². The number of nitrogens with zero attached hydrogens (tertiary/aromatic N) is 5. The molecule has 0 radical (unpaired) electrons. The molecule has 11 heteroatoms. The van der Waals surface area contributed by atoms with Crippen LogP contribution in [0.3, 0.4) is 0 Å². The molecule has 0 saturated heterocycles. The van der Waals surface area contributed by atoms with Gasteiger partial charge in [0.25, 0.3) is 0 Å². The van der Waals surface area contributed by atoms with Gasteiger partial charge in [0.2, 0.25) is 5.82 Å². The minimum atomic E-state index is -4.75. The Bertz CT molecular complexity index is 1370. The number of aromatic nitrogens is 5. The molecule has 0 aliphatic rings. The smallest absolute Gasteiger partial charge is 0.383 e. The Kier molecular flexibility index (Phi) is 7.00. The van der Waals surface area contributed by atoms with Gasteiger partial charge in [0, 0.05) is 24.1 Å². The molecule has 0 amide bonds. The van der Waals surface area contributed by atoms with E-state index in [-0.39, 0.29) is 28.3 Å². The van der Waals surface area contributed by atoms with E-state index in [0.717, 1.165) is 23.1 Å². The van der Waals surface area contributed by atoms with Crippen LogP contribution in [0.2, 0.25) is 0 Å². The van der Waals surface area contributed by atoms with Crippen LogP contribution in [-0.2, 0) is 10.9 Å². The largest absolute Gasteiger partial charge is 0.451 e.